The number of nitrogens with zero attached hydrogens (tertiary/aromatic N) is 2. The number of aryl methyl sites for hydroxylation is 3. The predicted molar refractivity (Wildman–Crippen MR) is 120 cm³/mol. The molecular formula is C20H32IN5. The number of nitrogens with one attached hydrogen (secondary N) is 3. The zero-order valence-electron chi connectivity index (χ0n) is 16.1. The number of guanidine groups is 1. The largest absolute Gasteiger partial charge is 0.356 e. The quantitative estimate of drug-likeness (QED) is 0.224. The number of halogens is 1. The highest BCUT2D eigenvalue weighted by molar-refractivity contribution is 14.0. The van der Waals surface area contributed by atoms with Gasteiger partial charge in [-0.05, 0) is 44.2 Å². The van der Waals surface area contributed by atoms with Crippen LogP contribution in [0.3, 0.4) is 0 Å². The molecule has 1 heterocycles. The number of aromatic amines is 1. The van der Waals surface area contributed by atoms with E-state index in [-0.39, 0.29) is 24.0 Å². The molecule has 5 nitrogen and oxygen atoms in total. The van der Waals surface area contributed by atoms with Crippen molar-refractivity contribution in [1.29, 1.82) is 0 Å². The zero-order chi connectivity index (χ0) is 17.9. The van der Waals surface area contributed by atoms with Gasteiger partial charge in [0.15, 0.2) is 5.96 Å². The van der Waals surface area contributed by atoms with E-state index in [1.165, 1.54) is 23.1 Å². The molecule has 0 saturated carbocycles. The summed E-state index contributed by atoms with van der Waals surface area (Å²) in [5.74, 6) is 0.901. The molecule has 0 fully saturated rings. The molecule has 3 N–H and O–H groups in total. The molecule has 0 bridgehead atoms. The van der Waals surface area contributed by atoms with Crippen LogP contribution in [0, 0.1) is 13.8 Å². The molecule has 0 spiro atoms. The lowest BCUT2D eigenvalue weighted by Gasteiger charge is -2.12. The topological polar surface area (TPSA) is 65.1 Å². The minimum atomic E-state index is 0. The zero-order valence-corrected chi connectivity index (χ0v) is 18.5. The number of hydrogen-bond acceptors (Lipinski definition) is 2. The van der Waals surface area contributed by atoms with Crippen LogP contribution in [0.15, 0.2) is 35.5 Å². The van der Waals surface area contributed by atoms with Crippen LogP contribution in [-0.4, -0.2) is 29.2 Å². The number of unbranched alkanes of at least 4 members (excludes halogenated alkanes) is 1. The van der Waals surface area contributed by atoms with Crippen LogP contribution in [0.4, 0.5) is 0 Å². The van der Waals surface area contributed by atoms with Gasteiger partial charge in [-0.25, -0.2) is 4.99 Å². The standard InChI is InChI=1S/C20H31N5.HI/c1-4-5-12-21-20(23-14-18-10-8-16(2)9-11-18)22-13-6-7-19-15-24-25-17(19)3;/h8-11,15H,4-7,12-14H2,1-3H3,(H,24,25)(H2,21,22,23);1H. The molecule has 1 aromatic heterocycles. The van der Waals surface area contributed by atoms with Crippen LogP contribution in [0.2, 0.25) is 0 Å². The van der Waals surface area contributed by atoms with Gasteiger partial charge in [-0.1, -0.05) is 43.2 Å². The molecule has 0 amide bonds. The van der Waals surface area contributed by atoms with Crippen molar-refractivity contribution < 1.29 is 0 Å². The maximum absolute atomic E-state index is 4.72. The molecule has 144 valence electrons. The van der Waals surface area contributed by atoms with Crippen LogP contribution in [0.1, 0.15) is 48.6 Å². The van der Waals surface area contributed by atoms with Crippen LogP contribution in [0.25, 0.3) is 0 Å². The molecule has 6 heteroatoms. The number of rotatable bonds is 9. The summed E-state index contributed by atoms with van der Waals surface area (Å²) in [5, 5.41) is 13.9. The van der Waals surface area contributed by atoms with Crippen molar-refractivity contribution in [3.63, 3.8) is 0 Å². The van der Waals surface area contributed by atoms with E-state index in [9.17, 15) is 0 Å². The second-order valence-electron chi connectivity index (χ2n) is 6.48. The summed E-state index contributed by atoms with van der Waals surface area (Å²) in [5.41, 5.74) is 4.96. The number of H-pyrrole nitrogens is 1. The van der Waals surface area contributed by atoms with E-state index in [0.717, 1.165) is 44.0 Å². The molecular weight excluding hydrogens is 437 g/mol. The van der Waals surface area contributed by atoms with Crippen LogP contribution in [0.5, 0.6) is 0 Å². The summed E-state index contributed by atoms with van der Waals surface area (Å²) >= 11 is 0. The minimum Gasteiger partial charge on any atom is -0.356 e. The fourth-order valence-corrected chi connectivity index (χ4v) is 2.54. The number of hydrogen-bond donors (Lipinski definition) is 3. The Labute approximate surface area is 174 Å². The van der Waals surface area contributed by atoms with Crippen LogP contribution < -0.4 is 10.6 Å². The second kappa shape index (κ2) is 12.7. The molecule has 0 atom stereocenters. The summed E-state index contributed by atoms with van der Waals surface area (Å²) < 4.78 is 0. The average molecular weight is 469 g/mol. The van der Waals surface area contributed by atoms with E-state index in [1.54, 1.807) is 0 Å². The van der Waals surface area contributed by atoms with E-state index >= 15 is 0 Å². The molecule has 0 saturated heterocycles. The van der Waals surface area contributed by atoms with Gasteiger partial charge in [0.05, 0.1) is 12.7 Å². The Kier molecular flexibility index (Phi) is 11.0. The first kappa shape index (κ1) is 22.5. The van der Waals surface area contributed by atoms with Gasteiger partial charge in [0, 0.05) is 18.8 Å². The highest BCUT2D eigenvalue weighted by Crippen LogP contribution is 2.06. The Morgan fingerprint density at radius 1 is 1.08 bits per heavy atom. The van der Waals surface area contributed by atoms with Gasteiger partial charge in [0.2, 0.25) is 0 Å². The van der Waals surface area contributed by atoms with Gasteiger partial charge >= 0.3 is 0 Å². The van der Waals surface area contributed by atoms with E-state index in [1.807, 2.05) is 6.20 Å². The van der Waals surface area contributed by atoms with Crippen LogP contribution in [-0.2, 0) is 13.0 Å². The molecule has 0 aliphatic carbocycles. The van der Waals surface area contributed by atoms with Crippen molar-refractivity contribution >= 4 is 29.9 Å². The third kappa shape index (κ3) is 8.21. The first-order valence-corrected chi connectivity index (χ1v) is 9.25. The van der Waals surface area contributed by atoms with Crippen molar-refractivity contribution in [3.8, 4) is 0 Å². The average Bonchev–Trinajstić information content (AvgIpc) is 3.02. The van der Waals surface area contributed by atoms with Crippen molar-refractivity contribution in [2.75, 3.05) is 13.1 Å². The Morgan fingerprint density at radius 2 is 1.77 bits per heavy atom. The molecule has 0 aliphatic heterocycles. The van der Waals surface area contributed by atoms with E-state index in [4.69, 9.17) is 4.99 Å². The van der Waals surface area contributed by atoms with Gasteiger partial charge in [-0.15, -0.1) is 24.0 Å². The van der Waals surface area contributed by atoms with Crippen molar-refractivity contribution in [2.45, 2.75) is 53.0 Å². The molecule has 2 rings (SSSR count). The van der Waals surface area contributed by atoms with Gasteiger partial charge in [-0.2, -0.15) is 5.10 Å². The Bertz CT molecular complexity index is 648. The van der Waals surface area contributed by atoms with Gasteiger partial charge in [0.1, 0.15) is 0 Å². The number of aromatic nitrogens is 2. The van der Waals surface area contributed by atoms with E-state index in [2.05, 4.69) is 65.9 Å². The fraction of sp³-hybridized carbons (Fsp3) is 0.500. The second-order valence-corrected chi connectivity index (χ2v) is 6.48. The van der Waals surface area contributed by atoms with Crippen molar-refractivity contribution in [2.24, 2.45) is 4.99 Å². The Hall–Kier alpha value is -1.57. The minimum absolute atomic E-state index is 0. The third-order valence-electron chi connectivity index (χ3n) is 4.21. The summed E-state index contributed by atoms with van der Waals surface area (Å²) in [4.78, 5) is 4.72. The molecule has 0 radical (unpaired) electrons. The van der Waals surface area contributed by atoms with Gasteiger partial charge < -0.3 is 10.6 Å². The smallest absolute Gasteiger partial charge is 0.191 e. The maximum Gasteiger partial charge on any atom is 0.191 e. The lowest BCUT2D eigenvalue weighted by molar-refractivity contribution is 0.706. The van der Waals surface area contributed by atoms with Gasteiger partial charge in [-0.3, -0.25) is 5.10 Å². The Morgan fingerprint density at radius 3 is 2.38 bits per heavy atom. The fourth-order valence-electron chi connectivity index (χ4n) is 2.54. The highest BCUT2D eigenvalue weighted by Gasteiger charge is 2.02. The lowest BCUT2D eigenvalue weighted by atomic mass is 10.1. The summed E-state index contributed by atoms with van der Waals surface area (Å²) in [6.45, 7) is 8.92. The van der Waals surface area contributed by atoms with Gasteiger partial charge in [0.25, 0.3) is 0 Å². The first-order valence-electron chi connectivity index (χ1n) is 9.25. The van der Waals surface area contributed by atoms with Crippen LogP contribution >= 0.6 is 24.0 Å². The van der Waals surface area contributed by atoms with Crippen molar-refractivity contribution in [1.82, 2.24) is 20.8 Å². The lowest BCUT2D eigenvalue weighted by Crippen LogP contribution is -2.38. The molecule has 0 aliphatic rings. The van der Waals surface area contributed by atoms with Crippen molar-refractivity contribution in [3.05, 3.63) is 52.8 Å². The van der Waals surface area contributed by atoms with E-state index < -0.39 is 0 Å². The highest BCUT2D eigenvalue weighted by atomic mass is 127. The SMILES string of the molecule is CCCCNC(=NCc1ccc(C)cc1)NCCCc1cn[nH]c1C.I. The monoisotopic (exact) mass is 469 g/mol. The van der Waals surface area contributed by atoms with E-state index in [0.29, 0.717) is 6.54 Å². The molecule has 1 aromatic carbocycles. The number of aliphatic imine (C=N–C) groups is 1. The predicted octanol–water partition coefficient (Wildman–Crippen LogP) is 4.11. The normalized spacial score (nSPS) is 11.1. The Balaban J connectivity index is 0.00000338. The summed E-state index contributed by atoms with van der Waals surface area (Å²) in [7, 11) is 0. The maximum atomic E-state index is 4.72. The summed E-state index contributed by atoms with van der Waals surface area (Å²) in [6.07, 6.45) is 6.33. The third-order valence-corrected chi connectivity index (χ3v) is 4.21. The molecule has 0 unspecified atom stereocenters. The molecule has 26 heavy (non-hydrogen) atoms. The first-order chi connectivity index (χ1) is 12.2. The molecule has 2 aromatic rings. The number of benzene rings is 1. The summed E-state index contributed by atoms with van der Waals surface area (Å²) in [6, 6.07) is 8.56.